The molecule has 1 nitrogen and oxygen atoms in total. The third-order valence-corrected chi connectivity index (χ3v) is 4.66. The first-order chi connectivity index (χ1) is 11.3. The molecule has 1 radical (unpaired) electrons. The maximum absolute atomic E-state index is 6.61. The monoisotopic (exact) mass is 299 g/mol. The Morgan fingerprint density at radius 1 is 0.739 bits per heavy atom. The Balaban J connectivity index is 1.88. The number of fused-ring (bicyclic) bond motifs is 1. The minimum absolute atomic E-state index is 0.427. The highest BCUT2D eigenvalue weighted by Crippen LogP contribution is 2.44. The van der Waals surface area contributed by atoms with Crippen LogP contribution in [0.2, 0.25) is 0 Å². The van der Waals surface area contributed by atoms with Crippen LogP contribution in [0.3, 0.4) is 0 Å². The SMILES string of the molecule is [CH2]c1ccc(C2(c3ccccc3)CCc3ccccc3O2)cc1. The van der Waals surface area contributed by atoms with Crippen molar-refractivity contribution in [1.82, 2.24) is 0 Å². The van der Waals surface area contributed by atoms with Gasteiger partial charge in [-0.05, 0) is 48.1 Å². The summed E-state index contributed by atoms with van der Waals surface area (Å²) in [6.45, 7) is 4.00. The number of rotatable bonds is 2. The molecule has 1 aliphatic rings. The molecule has 0 N–H and O–H groups in total. The molecule has 1 aliphatic heterocycles. The van der Waals surface area contributed by atoms with Gasteiger partial charge in [-0.1, -0.05) is 72.8 Å². The standard InChI is InChI=1S/C22H19O/c1-17-11-13-20(14-12-17)22(19-8-3-2-4-9-19)16-15-18-7-5-6-10-21(18)23-22/h2-14H,1,15-16H2. The zero-order chi connectivity index (χ0) is 15.7. The van der Waals surface area contributed by atoms with Gasteiger partial charge in [0.2, 0.25) is 0 Å². The molecular formula is C22H19O. The molecule has 4 rings (SSSR count). The van der Waals surface area contributed by atoms with Crippen LogP contribution in [0.1, 0.15) is 28.7 Å². The topological polar surface area (TPSA) is 9.23 Å². The number of ether oxygens (including phenoxy) is 1. The van der Waals surface area contributed by atoms with Gasteiger partial charge in [0, 0.05) is 0 Å². The Kier molecular flexibility index (Phi) is 3.42. The van der Waals surface area contributed by atoms with Gasteiger partial charge in [-0.25, -0.2) is 0 Å². The van der Waals surface area contributed by atoms with Crippen molar-refractivity contribution in [1.29, 1.82) is 0 Å². The van der Waals surface area contributed by atoms with Crippen LogP contribution < -0.4 is 4.74 Å². The van der Waals surface area contributed by atoms with E-state index < -0.39 is 5.60 Å². The molecule has 0 aliphatic carbocycles. The highest BCUT2D eigenvalue weighted by atomic mass is 16.5. The number of aryl methyl sites for hydroxylation is 1. The fraction of sp³-hybridized carbons (Fsp3) is 0.136. The fourth-order valence-electron chi connectivity index (χ4n) is 3.41. The van der Waals surface area contributed by atoms with Gasteiger partial charge < -0.3 is 4.74 Å². The van der Waals surface area contributed by atoms with Crippen LogP contribution in [0.5, 0.6) is 5.75 Å². The summed E-state index contributed by atoms with van der Waals surface area (Å²) < 4.78 is 6.61. The van der Waals surface area contributed by atoms with Crippen LogP contribution in [0.15, 0.2) is 78.9 Å². The van der Waals surface area contributed by atoms with E-state index in [-0.39, 0.29) is 0 Å². The van der Waals surface area contributed by atoms with E-state index in [1.807, 2.05) is 12.1 Å². The number of benzene rings is 3. The first-order valence-electron chi connectivity index (χ1n) is 8.03. The lowest BCUT2D eigenvalue weighted by Gasteiger charge is -2.39. The first kappa shape index (κ1) is 14.1. The minimum atomic E-state index is -0.427. The average Bonchev–Trinajstić information content (AvgIpc) is 2.62. The van der Waals surface area contributed by atoms with E-state index in [2.05, 4.69) is 73.7 Å². The van der Waals surface area contributed by atoms with Crippen molar-refractivity contribution < 1.29 is 4.74 Å². The zero-order valence-corrected chi connectivity index (χ0v) is 13.0. The van der Waals surface area contributed by atoms with Crippen LogP contribution in [0.4, 0.5) is 0 Å². The maximum atomic E-state index is 6.61. The third kappa shape index (κ3) is 2.43. The molecule has 0 fully saturated rings. The van der Waals surface area contributed by atoms with Gasteiger partial charge in [-0.3, -0.25) is 0 Å². The van der Waals surface area contributed by atoms with Gasteiger partial charge in [0.05, 0.1) is 0 Å². The van der Waals surface area contributed by atoms with Gasteiger partial charge in [-0.15, -0.1) is 0 Å². The molecule has 3 aromatic carbocycles. The molecule has 0 spiro atoms. The summed E-state index contributed by atoms with van der Waals surface area (Å²) in [5.74, 6) is 0.987. The van der Waals surface area contributed by atoms with Gasteiger partial charge in [0.1, 0.15) is 5.75 Å². The lowest BCUT2D eigenvalue weighted by atomic mass is 9.79. The van der Waals surface area contributed by atoms with Crippen LogP contribution in [-0.4, -0.2) is 0 Å². The summed E-state index contributed by atoms with van der Waals surface area (Å²) in [5, 5.41) is 0. The van der Waals surface area contributed by atoms with Crippen molar-refractivity contribution in [3.63, 3.8) is 0 Å². The summed E-state index contributed by atoms with van der Waals surface area (Å²) in [7, 11) is 0. The Bertz CT molecular complexity index is 805. The van der Waals surface area contributed by atoms with Gasteiger partial charge >= 0.3 is 0 Å². The lowest BCUT2D eigenvalue weighted by molar-refractivity contribution is 0.0850. The number of para-hydroxylation sites is 1. The summed E-state index contributed by atoms with van der Waals surface area (Å²) in [5.41, 5.74) is 4.27. The Hall–Kier alpha value is -2.54. The molecule has 0 saturated heterocycles. The quantitative estimate of drug-likeness (QED) is 0.637. The fourth-order valence-corrected chi connectivity index (χ4v) is 3.41. The predicted octanol–water partition coefficient (Wildman–Crippen LogP) is 5.14. The van der Waals surface area contributed by atoms with Crippen LogP contribution in [-0.2, 0) is 12.0 Å². The van der Waals surface area contributed by atoms with E-state index in [4.69, 9.17) is 4.74 Å². The summed E-state index contributed by atoms with van der Waals surface area (Å²) in [6, 6.07) is 27.3. The van der Waals surface area contributed by atoms with Crippen molar-refractivity contribution in [2.75, 3.05) is 0 Å². The largest absolute Gasteiger partial charge is 0.478 e. The van der Waals surface area contributed by atoms with E-state index in [0.29, 0.717) is 0 Å². The molecular weight excluding hydrogens is 280 g/mol. The molecule has 1 heterocycles. The van der Waals surface area contributed by atoms with E-state index in [1.165, 1.54) is 16.7 Å². The zero-order valence-electron chi connectivity index (χ0n) is 13.0. The summed E-state index contributed by atoms with van der Waals surface area (Å²) in [6.07, 6.45) is 1.95. The summed E-state index contributed by atoms with van der Waals surface area (Å²) >= 11 is 0. The Morgan fingerprint density at radius 3 is 2.17 bits per heavy atom. The van der Waals surface area contributed by atoms with Crippen LogP contribution in [0.25, 0.3) is 0 Å². The Labute approximate surface area is 137 Å². The lowest BCUT2D eigenvalue weighted by Crippen LogP contribution is -2.38. The predicted molar refractivity (Wildman–Crippen MR) is 93.5 cm³/mol. The molecule has 0 aromatic heterocycles. The number of hydrogen-bond acceptors (Lipinski definition) is 1. The van der Waals surface area contributed by atoms with Crippen molar-refractivity contribution in [3.05, 3.63) is 108 Å². The second-order valence-corrected chi connectivity index (χ2v) is 6.10. The van der Waals surface area contributed by atoms with E-state index in [9.17, 15) is 0 Å². The van der Waals surface area contributed by atoms with Crippen molar-refractivity contribution in [2.45, 2.75) is 18.4 Å². The molecule has 1 heteroatoms. The van der Waals surface area contributed by atoms with Crippen molar-refractivity contribution in [2.24, 2.45) is 0 Å². The second kappa shape index (κ2) is 5.58. The second-order valence-electron chi connectivity index (χ2n) is 6.10. The van der Waals surface area contributed by atoms with Crippen molar-refractivity contribution in [3.8, 4) is 5.75 Å². The summed E-state index contributed by atoms with van der Waals surface area (Å²) in [4.78, 5) is 0. The normalized spacial score (nSPS) is 19.7. The highest BCUT2D eigenvalue weighted by Gasteiger charge is 2.39. The first-order valence-corrected chi connectivity index (χ1v) is 8.03. The maximum Gasteiger partial charge on any atom is 0.159 e. The minimum Gasteiger partial charge on any atom is -0.478 e. The van der Waals surface area contributed by atoms with E-state index >= 15 is 0 Å². The highest BCUT2D eigenvalue weighted by molar-refractivity contribution is 5.45. The van der Waals surface area contributed by atoms with Crippen LogP contribution >= 0.6 is 0 Å². The molecule has 0 saturated carbocycles. The molecule has 0 amide bonds. The third-order valence-electron chi connectivity index (χ3n) is 4.66. The molecule has 0 bridgehead atoms. The molecule has 23 heavy (non-hydrogen) atoms. The smallest absolute Gasteiger partial charge is 0.159 e. The molecule has 1 atom stereocenters. The number of hydrogen-bond donors (Lipinski definition) is 0. The van der Waals surface area contributed by atoms with Crippen molar-refractivity contribution >= 4 is 0 Å². The molecule has 1 unspecified atom stereocenters. The Morgan fingerprint density at radius 2 is 1.39 bits per heavy atom. The molecule has 3 aromatic rings. The average molecular weight is 299 g/mol. The van der Waals surface area contributed by atoms with E-state index in [1.54, 1.807) is 0 Å². The van der Waals surface area contributed by atoms with Gasteiger partial charge in [0.15, 0.2) is 5.60 Å². The van der Waals surface area contributed by atoms with E-state index in [0.717, 1.165) is 24.2 Å². The van der Waals surface area contributed by atoms with Gasteiger partial charge in [0.25, 0.3) is 0 Å². The molecule has 113 valence electrons. The van der Waals surface area contributed by atoms with Crippen LogP contribution in [0, 0.1) is 6.92 Å². The van der Waals surface area contributed by atoms with Gasteiger partial charge in [-0.2, -0.15) is 0 Å².